The van der Waals surface area contributed by atoms with Crippen LogP contribution in [0.1, 0.15) is 30.7 Å². The second-order valence-corrected chi connectivity index (χ2v) is 7.81. The molecule has 1 saturated heterocycles. The van der Waals surface area contributed by atoms with Crippen LogP contribution in [-0.4, -0.2) is 73.7 Å². The van der Waals surface area contributed by atoms with Crippen molar-refractivity contribution in [3.05, 3.63) is 35.9 Å². The third kappa shape index (κ3) is 8.35. The third-order valence-corrected chi connectivity index (χ3v) is 5.54. The molecule has 1 aromatic rings. The molecule has 25 heavy (non-hydrogen) atoms. The number of hydrogen-bond donors (Lipinski definition) is 3. The van der Waals surface area contributed by atoms with Gasteiger partial charge in [-0.3, -0.25) is 0 Å². The summed E-state index contributed by atoms with van der Waals surface area (Å²) in [6.07, 6.45) is 3.87. The van der Waals surface area contributed by atoms with Crippen LogP contribution in [0.25, 0.3) is 0 Å². The van der Waals surface area contributed by atoms with Crippen molar-refractivity contribution in [3.8, 4) is 0 Å². The largest absolute Gasteiger partial charge is 0.315 e. The second-order valence-electron chi connectivity index (χ2n) is 6.92. The fourth-order valence-corrected chi connectivity index (χ4v) is 4.09. The van der Waals surface area contributed by atoms with Gasteiger partial charge in [-0.2, -0.15) is 25.3 Å². The second kappa shape index (κ2) is 13.0. The lowest BCUT2D eigenvalue weighted by molar-refractivity contribution is 0.194. The first-order valence-electron chi connectivity index (χ1n) is 9.75. The first-order chi connectivity index (χ1) is 12.3. The molecule has 0 radical (unpaired) electrons. The highest BCUT2D eigenvalue weighted by atomic mass is 32.1. The maximum atomic E-state index is 4.41. The Morgan fingerprint density at radius 2 is 1.72 bits per heavy atom. The number of likely N-dealkylation sites (tertiary alicyclic amines) is 1. The number of thiol groups is 2. The average Bonchev–Trinajstić information content (AvgIpc) is 2.66. The standard InChI is InChI=1S/C20H35N3S2/c24-17-10-21-9-15-23(16-18-25)12-4-11-22-13-7-20(8-14-22)19-5-2-1-3-6-19/h1-3,5-6,20-21,24-25H,4,7-18H2. The van der Waals surface area contributed by atoms with Crippen molar-refractivity contribution in [3.63, 3.8) is 0 Å². The molecule has 1 fully saturated rings. The Kier molecular flexibility index (Phi) is 11.0. The van der Waals surface area contributed by atoms with Crippen molar-refractivity contribution in [1.82, 2.24) is 15.1 Å². The maximum absolute atomic E-state index is 4.41. The molecule has 0 bridgehead atoms. The Hall–Kier alpha value is -0.200. The minimum Gasteiger partial charge on any atom is -0.315 e. The van der Waals surface area contributed by atoms with Crippen molar-refractivity contribution in [2.24, 2.45) is 0 Å². The van der Waals surface area contributed by atoms with E-state index in [2.05, 4.69) is 70.7 Å². The van der Waals surface area contributed by atoms with Crippen molar-refractivity contribution in [1.29, 1.82) is 0 Å². The SMILES string of the molecule is SCCNCCN(CCS)CCCN1CCC(c2ccccc2)CC1. The van der Waals surface area contributed by atoms with E-state index in [1.165, 1.54) is 51.0 Å². The van der Waals surface area contributed by atoms with Gasteiger partial charge in [-0.15, -0.1) is 0 Å². The van der Waals surface area contributed by atoms with Crippen LogP contribution >= 0.6 is 25.3 Å². The Bertz CT molecular complexity index is 436. The molecule has 0 unspecified atom stereocenters. The Labute approximate surface area is 165 Å². The van der Waals surface area contributed by atoms with Crippen LogP contribution in [0.4, 0.5) is 0 Å². The van der Waals surface area contributed by atoms with Crippen LogP contribution in [0.3, 0.4) is 0 Å². The minimum atomic E-state index is 0.760. The number of piperidine rings is 1. The molecule has 0 aromatic heterocycles. The van der Waals surface area contributed by atoms with Crippen molar-refractivity contribution in [2.45, 2.75) is 25.2 Å². The predicted molar refractivity (Wildman–Crippen MR) is 116 cm³/mol. The van der Waals surface area contributed by atoms with E-state index in [0.717, 1.165) is 43.6 Å². The Balaban J connectivity index is 1.61. The van der Waals surface area contributed by atoms with Crippen LogP contribution in [-0.2, 0) is 0 Å². The summed E-state index contributed by atoms with van der Waals surface area (Å²) >= 11 is 8.64. The number of nitrogens with one attached hydrogen (secondary N) is 1. The van der Waals surface area contributed by atoms with E-state index in [0.29, 0.717) is 0 Å². The Morgan fingerprint density at radius 3 is 2.40 bits per heavy atom. The summed E-state index contributed by atoms with van der Waals surface area (Å²) in [4.78, 5) is 5.19. The number of nitrogens with zero attached hydrogens (tertiary/aromatic N) is 2. The van der Waals surface area contributed by atoms with Gasteiger partial charge in [0.1, 0.15) is 0 Å². The topological polar surface area (TPSA) is 18.5 Å². The lowest BCUT2D eigenvalue weighted by Gasteiger charge is -2.32. The summed E-state index contributed by atoms with van der Waals surface area (Å²) < 4.78 is 0. The first-order valence-corrected chi connectivity index (χ1v) is 11.0. The highest BCUT2D eigenvalue weighted by Crippen LogP contribution is 2.27. The molecule has 1 aromatic carbocycles. The lowest BCUT2D eigenvalue weighted by Crippen LogP contribution is -2.38. The van der Waals surface area contributed by atoms with Gasteiger partial charge < -0.3 is 15.1 Å². The summed E-state index contributed by atoms with van der Waals surface area (Å²) in [6, 6.07) is 11.0. The minimum absolute atomic E-state index is 0.760. The molecule has 0 aliphatic carbocycles. The molecule has 0 spiro atoms. The van der Waals surface area contributed by atoms with E-state index in [1.807, 2.05) is 0 Å². The molecule has 5 heteroatoms. The van der Waals surface area contributed by atoms with Gasteiger partial charge in [0.05, 0.1) is 0 Å². The molecular formula is C20H35N3S2. The zero-order valence-corrected chi connectivity index (χ0v) is 17.2. The molecule has 2 rings (SSSR count). The van der Waals surface area contributed by atoms with Gasteiger partial charge in [-0.1, -0.05) is 30.3 Å². The fraction of sp³-hybridized carbons (Fsp3) is 0.700. The summed E-state index contributed by atoms with van der Waals surface area (Å²) in [6.45, 7) is 9.15. The van der Waals surface area contributed by atoms with Crippen LogP contribution < -0.4 is 5.32 Å². The highest BCUT2D eigenvalue weighted by Gasteiger charge is 2.20. The molecule has 0 amide bonds. The molecule has 1 aliphatic heterocycles. The van der Waals surface area contributed by atoms with Gasteiger partial charge in [0.15, 0.2) is 0 Å². The molecule has 0 saturated carbocycles. The molecule has 3 nitrogen and oxygen atoms in total. The molecular weight excluding hydrogens is 346 g/mol. The van der Waals surface area contributed by atoms with E-state index in [1.54, 1.807) is 0 Å². The van der Waals surface area contributed by atoms with Gasteiger partial charge in [-0.05, 0) is 56.9 Å². The quantitative estimate of drug-likeness (QED) is 0.382. The van der Waals surface area contributed by atoms with E-state index < -0.39 is 0 Å². The summed E-state index contributed by atoms with van der Waals surface area (Å²) in [7, 11) is 0. The van der Waals surface area contributed by atoms with Crippen LogP contribution in [0, 0.1) is 0 Å². The molecule has 0 atom stereocenters. The molecule has 1 heterocycles. The van der Waals surface area contributed by atoms with Gasteiger partial charge in [0.25, 0.3) is 0 Å². The van der Waals surface area contributed by atoms with Crippen LogP contribution in [0.15, 0.2) is 30.3 Å². The van der Waals surface area contributed by atoms with Gasteiger partial charge >= 0.3 is 0 Å². The molecule has 142 valence electrons. The predicted octanol–water partition coefficient (Wildman–Crippen LogP) is 3.01. The number of benzene rings is 1. The van der Waals surface area contributed by atoms with E-state index in [4.69, 9.17) is 0 Å². The van der Waals surface area contributed by atoms with Crippen LogP contribution in [0.2, 0.25) is 0 Å². The zero-order valence-electron chi connectivity index (χ0n) is 15.4. The zero-order chi connectivity index (χ0) is 17.7. The maximum Gasteiger partial charge on any atom is 0.0107 e. The summed E-state index contributed by atoms with van der Waals surface area (Å²) in [5.74, 6) is 2.61. The van der Waals surface area contributed by atoms with Gasteiger partial charge in [-0.25, -0.2) is 0 Å². The van der Waals surface area contributed by atoms with Crippen molar-refractivity contribution < 1.29 is 0 Å². The summed E-state index contributed by atoms with van der Waals surface area (Å²) in [5, 5.41) is 3.43. The number of hydrogen-bond acceptors (Lipinski definition) is 5. The highest BCUT2D eigenvalue weighted by molar-refractivity contribution is 7.80. The monoisotopic (exact) mass is 381 g/mol. The van der Waals surface area contributed by atoms with Crippen molar-refractivity contribution >= 4 is 25.3 Å². The smallest absolute Gasteiger partial charge is 0.0107 e. The van der Waals surface area contributed by atoms with Gasteiger partial charge in [0, 0.05) is 37.7 Å². The average molecular weight is 382 g/mol. The Morgan fingerprint density at radius 1 is 0.960 bits per heavy atom. The van der Waals surface area contributed by atoms with E-state index in [-0.39, 0.29) is 0 Å². The van der Waals surface area contributed by atoms with Crippen LogP contribution in [0.5, 0.6) is 0 Å². The summed E-state index contributed by atoms with van der Waals surface area (Å²) in [5.41, 5.74) is 1.52. The lowest BCUT2D eigenvalue weighted by atomic mass is 9.89. The first kappa shape index (κ1) is 21.1. The third-order valence-electron chi connectivity index (χ3n) is 5.12. The van der Waals surface area contributed by atoms with E-state index >= 15 is 0 Å². The van der Waals surface area contributed by atoms with E-state index in [9.17, 15) is 0 Å². The van der Waals surface area contributed by atoms with Crippen molar-refractivity contribution in [2.75, 3.05) is 63.9 Å². The fourth-order valence-electron chi connectivity index (χ4n) is 3.65. The molecule has 1 aliphatic rings. The number of rotatable bonds is 12. The van der Waals surface area contributed by atoms with Gasteiger partial charge in [0.2, 0.25) is 0 Å². The molecule has 1 N–H and O–H groups in total. The normalized spacial score (nSPS) is 16.6.